The summed E-state index contributed by atoms with van der Waals surface area (Å²) in [5.74, 6) is -0.143. The topological polar surface area (TPSA) is 146 Å². The predicted molar refractivity (Wildman–Crippen MR) is 188 cm³/mol. The Labute approximate surface area is 287 Å². The Bertz CT molecular complexity index is 1680. The number of fused-ring (bicyclic) bond motifs is 5. The smallest absolute Gasteiger partial charge is 0.322 e. The van der Waals surface area contributed by atoms with Crippen LogP contribution in [0.2, 0.25) is 0 Å². The first-order chi connectivity index (χ1) is 23.7. The van der Waals surface area contributed by atoms with Gasteiger partial charge in [-0.05, 0) is 104 Å². The lowest BCUT2D eigenvalue weighted by Crippen LogP contribution is -2.57. The predicted octanol–water partition coefficient (Wildman–Crippen LogP) is 3.86. The second kappa shape index (κ2) is 15.4. The molecule has 6 rings (SSSR count). The van der Waals surface area contributed by atoms with Crippen LogP contribution in [0.3, 0.4) is 0 Å². The number of amides is 5. The summed E-state index contributed by atoms with van der Waals surface area (Å²) in [5, 5.41) is 8.78. The molecule has 49 heavy (non-hydrogen) atoms. The molecule has 3 heterocycles. The summed E-state index contributed by atoms with van der Waals surface area (Å²) in [6.07, 6.45) is 3.90. The molecule has 0 spiro atoms. The second-order valence-electron chi connectivity index (χ2n) is 13.4. The van der Waals surface area contributed by atoms with Gasteiger partial charge < -0.3 is 31.3 Å². The Morgan fingerprint density at radius 1 is 0.980 bits per heavy atom. The quantitative estimate of drug-likeness (QED) is 0.311. The van der Waals surface area contributed by atoms with Gasteiger partial charge in [0.05, 0.1) is 13.0 Å². The highest BCUT2D eigenvalue weighted by atomic mass is 16.5. The van der Waals surface area contributed by atoms with Crippen molar-refractivity contribution in [3.63, 3.8) is 0 Å². The fourth-order valence-electron chi connectivity index (χ4n) is 6.97. The molecule has 1 fully saturated rings. The zero-order chi connectivity index (χ0) is 34.3. The van der Waals surface area contributed by atoms with E-state index in [1.165, 1.54) is 0 Å². The Morgan fingerprint density at radius 3 is 2.65 bits per heavy atom. The van der Waals surface area contributed by atoms with Crippen molar-refractivity contribution >= 4 is 35.1 Å². The van der Waals surface area contributed by atoms with Crippen molar-refractivity contribution in [1.29, 1.82) is 0 Å². The highest BCUT2D eigenvalue weighted by molar-refractivity contribution is 5.99. The lowest BCUT2D eigenvalue weighted by atomic mass is 9.94. The number of hydrogen-bond donors (Lipinski definition) is 4. The number of benzene rings is 3. The Balaban J connectivity index is 1.27. The van der Waals surface area contributed by atoms with E-state index in [1.54, 1.807) is 21.9 Å². The van der Waals surface area contributed by atoms with Crippen molar-refractivity contribution in [2.75, 3.05) is 36.9 Å². The second-order valence-corrected chi connectivity index (χ2v) is 13.4. The van der Waals surface area contributed by atoms with E-state index in [-0.39, 0.29) is 30.7 Å². The highest BCUT2D eigenvalue weighted by Gasteiger charge is 2.34. The summed E-state index contributed by atoms with van der Waals surface area (Å²) in [5.41, 5.74) is 11.2. The largest absolute Gasteiger partial charge is 0.494 e. The Kier molecular flexibility index (Phi) is 10.7. The SMILES string of the molecule is Cc1ccc2cc1CNC(=O)[C@H](CCc1ccccc1)NC(=O)[C@@H](NC(=O)N1CCc3cc(N)ccc31)CC(=O)N1CCCC(CCO2)C1. The first kappa shape index (κ1) is 33.8. The van der Waals surface area contributed by atoms with Crippen LogP contribution in [0.5, 0.6) is 5.75 Å². The molecule has 3 aliphatic heterocycles. The third-order valence-electron chi connectivity index (χ3n) is 9.87. The number of nitrogens with two attached hydrogens (primary N) is 1. The summed E-state index contributed by atoms with van der Waals surface area (Å²) in [6, 6.07) is 18.4. The fraction of sp³-hybridized carbons (Fsp3) is 0.421. The maximum Gasteiger partial charge on any atom is 0.322 e. The van der Waals surface area contributed by atoms with Crippen molar-refractivity contribution in [2.24, 2.45) is 5.92 Å². The number of urea groups is 1. The molecule has 5 N–H and O–H groups in total. The van der Waals surface area contributed by atoms with E-state index < -0.39 is 24.0 Å². The molecule has 5 amide bonds. The van der Waals surface area contributed by atoms with Crippen molar-refractivity contribution < 1.29 is 23.9 Å². The van der Waals surface area contributed by atoms with Crippen LogP contribution in [0.15, 0.2) is 66.7 Å². The summed E-state index contributed by atoms with van der Waals surface area (Å²) < 4.78 is 6.12. The van der Waals surface area contributed by atoms with Gasteiger partial charge in [-0.1, -0.05) is 36.4 Å². The van der Waals surface area contributed by atoms with Gasteiger partial charge in [0.1, 0.15) is 17.8 Å². The number of nitrogen functional groups attached to an aromatic ring is 1. The molecule has 4 bridgehead atoms. The number of anilines is 2. The number of carbonyl (C=O) groups is 4. The summed E-state index contributed by atoms with van der Waals surface area (Å²) >= 11 is 0. The van der Waals surface area contributed by atoms with Crippen LogP contribution in [0.4, 0.5) is 16.2 Å². The molecular formula is C38H46N6O5. The van der Waals surface area contributed by atoms with E-state index in [9.17, 15) is 19.2 Å². The third-order valence-corrected chi connectivity index (χ3v) is 9.87. The van der Waals surface area contributed by atoms with Gasteiger partial charge in [-0.2, -0.15) is 0 Å². The Morgan fingerprint density at radius 2 is 1.82 bits per heavy atom. The van der Waals surface area contributed by atoms with Gasteiger partial charge in [0.25, 0.3) is 0 Å². The number of rotatable bonds is 4. The van der Waals surface area contributed by atoms with E-state index in [4.69, 9.17) is 10.5 Å². The van der Waals surface area contributed by atoms with Crippen LogP contribution in [-0.2, 0) is 33.8 Å². The number of nitrogens with zero attached hydrogens (tertiary/aromatic N) is 2. The molecule has 3 aliphatic rings. The highest BCUT2D eigenvalue weighted by Crippen LogP contribution is 2.30. The van der Waals surface area contributed by atoms with Gasteiger partial charge in [0.2, 0.25) is 17.7 Å². The molecule has 11 nitrogen and oxygen atoms in total. The molecule has 11 heteroatoms. The van der Waals surface area contributed by atoms with E-state index in [0.29, 0.717) is 51.2 Å². The molecule has 3 aromatic carbocycles. The minimum atomic E-state index is -1.19. The molecule has 258 valence electrons. The number of ether oxygens (including phenoxy) is 1. The molecule has 3 aromatic rings. The minimum Gasteiger partial charge on any atom is -0.494 e. The zero-order valence-corrected chi connectivity index (χ0v) is 28.1. The van der Waals surface area contributed by atoms with Gasteiger partial charge in [-0.3, -0.25) is 19.3 Å². The number of carbonyl (C=O) groups excluding carboxylic acids is 4. The Hall–Kier alpha value is -5.06. The van der Waals surface area contributed by atoms with Crippen molar-refractivity contribution in [3.05, 3.63) is 89.0 Å². The van der Waals surface area contributed by atoms with Crippen LogP contribution in [0, 0.1) is 12.8 Å². The van der Waals surface area contributed by atoms with E-state index in [1.807, 2.05) is 61.5 Å². The van der Waals surface area contributed by atoms with Crippen LogP contribution < -0.4 is 31.3 Å². The van der Waals surface area contributed by atoms with Crippen LogP contribution in [0.1, 0.15) is 54.4 Å². The van der Waals surface area contributed by atoms with E-state index in [2.05, 4.69) is 16.0 Å². The van der Waals surface area contributed by atoms with E-state index in [0.717, 1.165) is 53.0 Å². The summed E-state index contributed by atoms with van der Waals surface area (Å²) in [7, 11) is 0. The maximum atomic E-state index is 14.1. The molecule has 0 aromatic heterocycles. The van der Waals surface area contributed by atoms with Crippen LogP contribution in [0.25, 0.3) is 0 Å². The van der Waals surface area contributed by atoms with Crippen molar-refractivity contribution in [2.45, 2.75) is 70.5 Å². The average Bonchev–Trinajstić information content (AvgIpc) is 3.53. The minimum absolute atomic E-state index is 0.213. The van der Waals surface area contributed by atoms with Gasteiger partial charge in [-0.15, -0.1) is 0 Å². The summed E-state index contributed by atoms with van der Waals surface area (Å²) in [4.78, 5) is 58.7. The molecule has 0 radical (unpaired) electrons. The van der Waals surface area contributed by atoms with Crippen LogP contribution in [-0.4, -0.2) is 67.0 Å². The fourth-order valence-corrected chi connectivity index (χ4v) is 6.97. The number of aryl methyl sites for hydroxylation is 2. The number of hydrogen-bond acceptors (Lipinski definition) is 6. The maximum absolute atomic E-state index is 14.1. The molecule has 1 unspecified atom stereocenters. The van der Waals surface area contributed by atoms with Crippen molar-refractivity contribution in [1.82, 2.24) is 20.9 Å². The molecule has 0 saturated carbocycles. The normalized spacial score (nSPS) is 21.8. The van der Waals surface area contributed by atoms with Gasteiger partial charge >= 0.3 is 6.03 Å². The standard InChI is InChI=1S/C38H46N6O5/c1-25-9-12-31-21-29(25)23-40-36(46)32(13-10-26-6-3-2-4-7-26)41-37(47)33(22-35(45)43-17-5-8-27(24-43)16-19-49-31)42-38(48)44-18-15-28-20-30(39)11-14-34(28)44/h2-4,6-7,9,11-12,14,20-21,27,32-33H,5,8,10,13,15-19,22-24,39H2,1H3,(H,40,46)(H,41,47)(H,42,48)/t27?,32-,33-/m0/s1. The molecule has 0 aliphatic carbocycles. The van der Waals surface area contributed by atoms with Crippen molar-refractivity contribution in [3.8, 4) is 5.75 Å². The first-order valence-corrected chi connectivity index (χ1v) is 17.3. The zero-order valence-electron chi connectivity index (χ0n) is 28.1. The molecule has 3 atom stereocenters. The molecular weight excluding hydrogens is 620 g/mol. The van der Waals surface area contributed by atoms with E-state index >= 15 is 0 Å². The van der Waals surface area contributed by atoms with Gasteiger partial charge in [0, 0.05) is 37.6 Å². The molecule has 1 saturated heterocycles. The monoisotopic (exact) mass is 666 g/mol. The lowest BCUT2D eigenvalue weighted by Gasteiger charge is -2.34. The summed E-state index contributed by atoms with van der Waals surface area (Å²) in [6.45, 7) is 4.32. The number of nitrogens with one attached hydrogen (secondary N) is 3. The first-order valence-electron chi connectivity index (χ1n) is 17.3. The third kappa shape index (κ3) is 8.51. The average molecular weight is 667 g/mol. The van der Waals surface area contributed by atoms with Gasteiger partial charge in [-0.25, -0.2) is 4.79 Å². The number of piperidine rings is 1. The van der Waals surface area contributed by atoms with Gasteiger partial charge in [0.15, 0.2) is 0 Å². The lowest BCUT2D eigenvalue weighted by molar-refractivity contribution is -0.137. The van der Waals surface area contributed by atoms with Crippen LogP contribution >= 0.6 is 0 Å².